The van der Waals surface area contributed by atoms with Crippen LogP contribution in [0.25, 0.3) is 0 Å². The first-order valence-corrected chi connectivity index (χ1v) is 9.50. The normalized spacial score (nSPS) is 13.1. The van der Waals surface area contributed by atoms with Gasteiger partial charge >= 0.3 is 0 Å². The highest BCUT2D eigenvalue weighted by atomic mass is 35.5. The molecule has 4 nitrogen and oxygen atoms in total. The van der Waals surface area contributed by atoms with Gasteiger partial charge in [0.1, 0.15) is 0 Å². The van der Waals surface area contributed by atoms with E-state index in [0.29, 0.717) is 46.4 Å². The monoisotopic (exact) mass is 410 g/mol. The second-order valence-electron chi connectivity index (χ2n) is 6.20. The molecule has 0 atom stereocenters. The van der Waals surface area contributed by atoms with Crippen molar-refractivity contribution in [3.63, 3.8) is 0 Å². The van der Waals surface area contributed by atoms with Crippen molar-refractivity contribution in [3.05, 3.63) is 51.0 Å². The molecular weight excluding hydrogens is 391 g/mol. The lowest BCUT2D eigenvalue weighted by molar-refractivity contribution is 0.297. The fourth-order valence-corrected chi connectivity index (χ4v) is 3.63. The summed E-state index contributed by atoms with van der Waals surface area (Å²) >= 11 is 18.0. The van der Waals surface area contributed by atoms with Crippen LogP contribution >= 0.6 is 35.4 Å². The number of nitrogens with one attached hydrogen (secondary N) is 2. The van der Waals surface area contributed by atoms with Crippen molar-refractivity contribution < 1.29 is 9.47 Å². The average molecular weight is 411 g/mol. The maximum absolute atomic E-state index is 6.32. The first-order chi connectivity index (χ1) is 12.4. The van der Waals surface area contributed by atoms with Crippen molar-refractivity contribution in [2.45, 2.75) is 26.8 Å². The summed E-state index contributed by atoms with van der Waals surface area (Å²) in [4.78, 5) is 0. The largest absolute Gasteiger partial charge is 0.489 e. The van der Waals surface area contributed by atoms with E-state index in [0.717, 1.165) is 28.8 Å². The lowest BCUT2D eigenvalue weighted by Crippen LogP contribution is -2.28. The Morgan fingerprint density at radius 2 is 1.85 bits per heavy atom. The molecule has 0 amide bonds. The zero-order chi connectivity index (χ0) is 18.7. The third kappa shape index (κ3) is 4.53. The number of fused-ring (bicyclic) bond motifs is 1. The van der Waals surface area contributed by atoms with Gasteiger partial charge in [0.15, 0.2) is 16.6 Å². The molecule has 26 heavy (non-hydrogen) atoms. The van der Waals surface area contributed by atoms with Crippen LogP contribution in [0.5, 0.6) is 11.5 Å². The number of rotatable bonds is 3. The summed E-state index contributed by atoms with van der Waals surface area (Å²) in [6.45, 7) is 5.73. The van der Waals surface area contributed by atoms with Crippen LogP contribution in [0, 0.1) is 13.8 Å². The molecule has 0 saturated heterocycles. The summed E-state index contributed by atoms with van der Waals surface area (Å²) in [6, 6.07) is 7.74. The highest BCUT2D eigenvalue weighted by Crippen LogP contribution is 2.38. The summed E-state index contributed by atoms with van der Waals surface area (Å²) < 4.78 is 11.4. The van der Waals surface area contributed by atoms with E-state index >= 15 is 0 Å². The molecule has 0 fully saturated rings. The van der Waals surface area contributed by atoms with Gasteiger partial charge in [-0.15, -0.1) is 0 Å². The van der Waals surface area contributed by atoms with Crippen LogP contribution in [0.3, 0.4) is 0 Å². The van der Waals surface area contributed by atoms with Gasteiger partial charge in [-0.2, -0.15) is 0 Å². The van der Waals surface area contributed by atoms with Crippen LogP contribution in [0.4, 0.5) is 5.69 Å². The molecule has 138 valence electrons. The maximum atomic E-state index is 6.32. The minimum Gasteiger partial charge on any atom is -0.489 e. The number of anilines is 1. The minimum atomic E-state index is 0.488. The summed E-state index contributed by atoms with van der Waals surface area (Å²) in [5.41, 5.74) is 3.91. The molecule has 3 rings (SSSR count). The van der Waals surface area contributed by atoms with Gasteiger partial charge in [-0.3, -0.25) is 0 Å². The summed E-state index contributed by atoms with van der Waals surface area (Å²) in [5, 5.41) is 8.01. The Hall–Kier alpha value is -1.69. The molecule has 0 spiro atoms. The molecule has 0 bridgehead atoms. The Labute approximate surface area is 168 Å². The van der Waals surface area contributed by atoms with Crippen molar-refractivity contribution in [2.75, 3.05) is 18.5 Å². The Balaban J connectivity index is 1.67. The zero-order valence-corrected chi connectivity index (χ0v) is 16.9. The van der Waals surface area contributed by atoms with Gasteiger partial charge in [-0.05, 0) is 61.0 Å². The number of hydrogen-bond acceptors (Lipinski definition) is 3. The topological polar surface area (TPSA) is 42.5 Å². The Bertz CT molecular complexity index is 820. The number of hydrogen-bond donors (Lipinski definition) is 2. The Kier molecular flexibility index (Phi) is 6.12. The zero-order valence-electron chi connectivity index (χ0n) is 14.6. The van der Waals surface area contributed by atoms with Crippen molar-refractivity contribution in [3.8, 4) is 11.5 Å². The van der Waals surface area contributed by atoms with E-state index in [-0.39, 0.29) is 0 Å². The predicted octanol–water partition coefficient (Wildman–Crippen LogP) is 5.26. The van der Waals surface area contributed by atoms with Gasteiger partial charge in [0.2, 0.25) is 0 Å². The number of thiocarbonyl (C=S) groups is 1. The van der Waals surface area contributed by atoms with Gasteiger partial charge in [0.25, 0.3) is 0 Å². The second kappa shape index (κ2) is 8.33. The summed E-state index contributed by atoms with van der Waals surface area (Å²) in [5.74, 6) is 1.28. The highest BCUT2D eigenvalue weighted by Gasteiger charge is 2.16. The molecule has 1 heterocycles. The predicted molar refractivity (Wildman–Crippen MR) is 111 cm³/mol. The van der Waals surface area contributed by atoms with E-state index < -0.39 is 0 Å². The Morgan fingerprint density at radius 1 is 1.08 bits per heavy atom. The van der Waals surface area contributed by atoms with Crippen molar-refractivity contribution in [1.29, 1.82) is 0 Å². The van der Waals surface area contributed by atoms with Gasteiger partial charge in [0, 0.05) is 13.0 Å². The second-order valence-corrected chi connectivity index (χ2v) is 7.42. The van der Waals surface area contributed by atoms with Crippen LogP contribution in [0.1, 0.15) is 23.1 Å². The van der Waals surface area contributed by atoms with Gasteiger partial charge in [0.05, 0.1) is 28.9 Å². The van der Waals surface area contributed by atoms with E-state index in [9.17, 15) is 0 Å². The fraction of sp³-hybridized carbons (Fsp3) is 0.316. The molecule has 0 radical (unpaired) electrons. The molecule has 2 N–H and O–H groups in total. The molecule has 2 aromatic rings. The number of ether oxygens (including phenoxy) is 2. The maximum Gasteiger partial charge on any atom is 0.179 e. The third-order valence-corrected chi connectivity index (χ3v) is 4.81. The number of halogens is 2. The van der Waals surface area contributed by atoms with E-state index in [1.54, 1.807) is 0 Å². The van der Waals surface area contributed by atoms with Gasteiger partial charge in [-0.25, -0.2) is 0 Å². The Morgan fingerprint density at radius 3 is 2.62 bits per heavy atom. The number of benzene rings is 2. The van der Waals surface area contributed by atoms with Crippen LogP contribution in [-0.2, 0) is 6.54 Å². The minimum absolute atomic E-state index is 0.488. The summed E-state index contributed by atoms with van der Waals surface area (Å²) in [6.07, 6.45) is 0.837. The van der Waals surface area contributed by atoms with Crippen molar-refractivity contribution in [2.24, 2.45) is 0 Å². The smallest absolute Gasteiger partial charge is 0.179 e. The van der Waals surface area contributed by atoms with Crippen LogP contribution < -0.4 is 20.1 Å². The third-order valence-electron chi connectivity index (χ3n) is 3.99. The van der Waals surface area contributed by atoms with Gasteiger partial charge < -0.3 is 20.1 Å². The average Bonchev–Trinajstić information content (AvgIpc) is 2.82. The summed E-state index contributed by atoms with van der Waals surface area (Å²) in [7, 11) is 0. The molecule has 0 unspecified atom stereocenters. The van der Waals surface area contributed by atoms with E-state index in [4.69, 9.17) is 44.9 Å². The molecule has 1 aliphatic heterocycles. The lowest BCUT2D eigenvalue weighted by Gasteiger charge is -2.16. The standard InChI is InChI=1S/C19H20Cl2N2O2S/c1-11-6-12(2)17(14(20)7-11)23-19(26)22-10-13-8-15(21)18-16(9-13)24-4-3-5-25-18/h6-9H,3-5,10H2,1-2H3,(H2,22,23,26). The molecule has 0 saturated carbocycles. The van der Waals surface area contributed by atoms with Crippen molar-refractivity contribution in [1.82, 2.24) is 5.32 Å². The molecule has 0 aromatic heterocycles. The highest BCUT2D eigenvalue weighted by molar-refractivity contribution is 7.80. The van der Waals surface area contributed by atoms with Gasteiger partial charge in [-0.1, -0.05) is 29.3 Å². The molecule has 2 aromatic carbocycles. The molecule has 1 aliphatic rings. The number of aryl methyl sites for hydroxylation is 2. The van der Waals surface area contributed by atoms with Crippen LogP contribution in [0.2, 0.25) is 10.0 Å². The van der Waals surface area contributed by atoms with Crippen LogP contribution in [0.15, 0.2) is 24.3 Å². The van der Waals surface area contributed by atoms with E-state index in [1.165, 1.54) is 0 Å². The lowest BCUT2D eigenvalue weighted by atomic mass is 10.1. The molecule has 0 aliphatic carbocycles. The van der Waals surface area contributed by atoms with E-state index in [2.05, 4.69) is 16.7 Å². The van der Waals surface area contributed by atoms with Crippen LogP contribution in [-0.4, -0.2) is 18.3 Å². The van der Waals surface area contributed by atoms with Crippen molar-refractivity contribution >= 4 is 46.2 Å². The molecular formula is C19H20Cl2N2O2S. The first kappa shape index (κ1) is 19.1. The SMILES string of the molecule is Cc1cc(C)c(NC(=S)NCc2cc(Cl)c3c(c2)OCCCO3)c(Cl)c1. The quantitative estimate of drug-likeness (QED) is 0.675. The fourth-order valence-electron chi connectivity index (χ4n) is 2.80. The first-order valence-electron chi connectivity index (χ1n) is 8.33. The molecule has 7 heteroatoms. The van der Waals surface area contributed by atoms with E-state index in [1.807, 2.05) is 32.0 Å².